The molecule has 0 aliphatic rings. The number of nitrogens with zero attached hydrogens (tertiary/aromatic N) is 2. The molecule has 122 valence electrons. The second-order valence-electron chi connectivity index (χ2n) is 4.65. The summed E-state index contributed by atoms with van der Waals surface area (Å²) < 4.78 is 31.6. The van der Waals surface area contributed by atoms with E-state index >= 15 is 0 Å². The molecule has 0 bridgehead atoms. The third kappa shape index (κ3) is 4.47. The van der Waals surface area contributed by atoms with E-state index in [2.05, 4.69) is 9.71 Å². The summed E-state index contributed by atoms with van der Waals surface area (Å²) in [4.78, 5) is 14.1. The maximum Gasteiger partial charge on any atom is 0.273 e. The van der Waals surface area contributed by atoms with Gasteiger partial charge in [0, 0.05) is 18.2 Å². The van der Waals surface area contributed by atoms with Gasteiger partial charge in [-0.3, -0.25) is 15.1 Å². The number of hydrogen-bond donors (Lipinski definition) is 1. The minimum absolute atomic E-state index is 0.0707. The number of nitro groups is 1. The van der Waals surface area contributed by atoms with E-state index in [4.69, 9.17) is 4.42 Å². The van der Waals surface area contributed by atoms with E-state index in [1.165, 1.54) is 24.6 Å². The zero-order valence-electron chi connectivity index (χ0n) is 12.3. The normalized spacial score (nSPS) is 11.9. The summed E-state index contributed by atoms with van der Waals surface area (Å²) in [6, 6.07) is 7.22. The number of hydrogen-bond acceptors (Lipinski definition) is 6. The summed E-state index contributed by atoms with van der Waals surface area (Å²) in [7, 11) is -3.82. The summed E-state index contributed by atoms with van der Waals surface area (Å²) in [6.07, 6.45) is 3.00. The van der Waals surface area contributed by atoms with Gasteiger partial charge in [-0.15, -0.1) is 0 Å². The van der Waals surface area contributed by atoms with E-state index in [0.29, 0.717) is 11.3 Å². The number of aliphatic imine (C=N–C) groups is 1. The number of nitrogens with one attached hydrogen (secondary N) is 1. The van der Waals surface area contributed by atoms with Crippen LogP contribution in [0.15, 0.2) is 50.9 Å². The fourth-order valence-electron chi connectivity index (χ4n) is 1.80. The largest absolute Gasteiger partial charge is 0.463 e. The van der Waals surface area contributed by atoms with Crippen molar-refractivity contribution in [2.45, 2.75) is 11.8 Å². The number of nitro benzene ring substituents is 1. The minimum atomic E-state index is -3.82. The molecule has 0 atom stereocenters. The Morgan fingerprint density at radius 2 is 2.17 bits per heavy atom. The molecule has 2 rings (SSSR count). The van der Waals surface area contributed by atoms with E-state index in [9.17, 15) is 18.5 Å². The highest BCUT2D eigenvalue weighted by molar-refractivity contribution is 7.89. The van der Waals surface area contributed by atoms with Crippen LogP contribution in [0.1, 0.15) is 11.3 Å². The first kappa shape index (κ1) is 16.8. The summed E-state index contributed by atoms with van der Waals surface area (Å²) in [6.45, 7) is 1.83. The molecule has 9 heteroatoms. The number of aryl methyl sites for hydroxylation is 1. The lowest BCUT2D eigenvalue weighted by molar-refractivity contribution is -0.385. The monoisotopic (exact) mass is 337 g/mol. The van der Waals surface area contributed by atoms with Crippen LogP contribution in [0, 0.1) is 17.0 Å². The molecule has 23 heavy (non-hydrogen) atoms. The molecule has 1 N–H and O–H groups in total. The molecule has 0 aliphatic carbocycles. The van der Waals surface area contributed by atoms with Crippen LogP contribution in [-0.4, -0.2) is 32.6 Å². The second kappa shape index (κ2) is 7.16. The Morgan fingerprint density at radius 3 is 2.83 bits per heavy atom. The van der Waals surface area contributed by atoms with Crippen molar-refractivity contribution in [2.24, 2.45) is 4.99 Å². The Balaban J connectivity index is 1.99. The van der Waals surface area contributed by atoms with Crippen molar-refractivity contribution in [3.8, 4) is 0 Å². The Hall–Kier alpha value is -2.52. The Kier molecular flexibility index (Phi) is 5.24. The van der Waals surface area contributed by atoms with Gasteiger partial charge in [0.15, 0.2) is 0 Å². The van der Waals surface area contributed by atoms with Gasteiger partial charge in [0.05, 0.1) is 28.8 Å². The van der Waals surface area contributed by atoms with Gasteiger partial charge in [-0.25, -0.2) is 13.1 Å². The zero-order chi connectivity index (χ0) is 16.9. The molecule has 0 saturated heterocycles. The smallest absolute Gasteiger partial charge is 0.273 e. The highest BCUT2D eigenvalue weighted by Gasteiger charge is 2.19. The summed E-state index contributed by atoms with van der Waals surface area (Å²) in [5.74, 6) is 0.571. The Morgan fingerprint density at radius 1 is 1.39 bits per heavy atom. The van der Waals surface area contributed by atoms with Crippen LogP contribution in [0.4, 0.5) is 5.69 Å². The average molecular weight is 337 g/mol. The van der Waals surface area contributed by atoms with Crippen LogP contribution in [0.3, 0.4) is 0 Å². The average Bonchev–Trinajstić information content (AvgIpc) is 3.00. The van der Waals surface area contributed by atoms with Gasteiger partial charge in [-0.2, -0.15) is 0 Å². The highest BCUT2D eigenvalue weighted by atomic mass is 32.2. The first-order valence-corrected chi connectivity index (χ1v) is 8.16. The molecular weight excluding hydrogens is 322 g/mol. The lowest BCUT2D eigenvalue weighted by atomic mass is 10.2. The van der Waals surface area contributed by atoms with Crippen molar-refractivity contribution in [1.29, 1.82) is 0 Å². The first-order chi connectivity index (χ1) is 10.9. The Bertz CT molecular complexity index is 813. The fraction of sp³-hybridized carbons (Fsp3) is 0.214. The van der Waals surface area contributed by atoms with Gasteiger partial charge in [-0.1, -0.05) is 6.07 Å². The maximum atomic E-state index is 12.1. The standard InChI is InChI=1S/C14H15N3O5S/c1-11-4-5-13(9-14(11)17(18)19)23(20,21)16-7-6-15-10-12-3-2-8-22-12/h2-5,8-10,16H,6-7H2,1H3. The number of furan rings is 1. The van der Waals surface area contributed by atoms with Gasteiger partial charge < -0.3 is 4.42 Å². The first-order valence-electron chi connectivity index (χ1n) is 6.68. The highest BCUT2D eigenvalue weighted by Crippen LogP contribution is 2.21. The van der Waals surface area contributed by atoms with Crippen molar-refractivity contribution in [1.82, 2.24) is 4.72 Å². The molecule has 0 fully saturated rings. The molecule has 1 aromatic heterocycles. The van der Waals surface area contributed by atoms with Gasteiger partial charge in [-0.05, 0) is 25.1 Å². The lowest BCUT2D eigenvalue weighted by Gasteiger charge is -2.06. The predicted molar refractivity (Wildman–Crippen MR) is 84.2 cm³/mol. The molecule has 0 aliphatic heterocycles. The number of sulfonamides is 1. The van der Waals surface area contributed by atoms with Crippen LogP contribution < -0.4 is 4.72 Å². The van der Waals surface area contributed by atoms with Crippen LogP contribution in [0.5, 0.6) is 0 Å². The summed E-state index contributed by atoms with van der Waals surface area (Å²) >= 11 is 0. The molecule has 0 radical (unpaired) electrons. The van der Waals surface area contributed by atoms with Crippen molar-refractivity contribution >= 4 is 21.9 Å². The van der Waals surface area contributed by atoms with E-state index in [1.807, 2.05) is 0 Å². The van der Waals surface area contributed by atoms with Crippen molar-refractivity contribution < 1.29 is 17.8 Å². The van der Waals surface area contributed by atoms with Gasteiger partial charge in [0.2, 0.25) is 10.0 Å². The summed E-state index contributed by atoms with van der Waals surface area (Å²) in [5, 5.41) is 10.9. The molecule has 2 aromatic rings. The third-order valence-corrected chi connectivity index (χ3v) is 4.44. The zero-order valence-corrected chi connectivity index (χ0v) is 13.1. The molecule has 0 unspecified atom stereocenters. The van der Waals surface area contributed by atoms with Crippen LogP contribution in [0.2, 0.25) is 0 Å². The van der Waals surface area contributed by atoms with E-state index < -0.39 is 14.9 Å². The summed E-state index contributed by atoms with van der Waals surface area (Å²) in [5.41, 5.74) is 0.167. The molecule has 8 nitrogen and oxygen atoms in total. The fourth-order valence-corrected chi connectivity index (χ4v) is 2.84. The van der Waals surface area contributed by atoms with Crippen molar-refractivity contribution in [3.05, 3.63) is 58.0 Å². The van der Waals surface area contributed by atoms with Gasteiger partial charge in [0.1, 0.15) is 5.76 Å². The number of rotatable bonds is 7. The lowest BCUT2D eigenvalue weighted by Crippen LogP contribution is -2.26. The molecule has 1 aromatic carbocycles. The van der Waals surface area contributed by atoms with E-state index in [-0.39, 0.29) is 23.7 Å². The molecule has 0 amide bonds. The van der Waals surface area contributed by atoms with Crippen LogP contribution >= 0.6 is 0 Å². The minimum Gasteiger partial charge on any atom is -0.463 e. The third-order valence-electron chi connectivity index (χ3n) is 2.98. The molecule has 1 heterocycles. The molecule has 0 saturated carbocycles. The van der Waals surface area contributed by atoms with E-state index in [1.54, 1.807) is 19.1 Å². The van der Waals surface area contributed by atoms with Crippen LogP contribution in [-0.2, 0) is 10.0 Å². The van der Waals surface area contributed by atoms with Crippen molar-refractivity contribution in [2.75, 3.05) is 13.1 Å². The Labute approximate surface area is 133 Å². The maximum absolute atomic E-state index is 12.1. The second-order valence-corrected chi connectivity index (χ2v) is 6.42. The topological polar surface area (TPSA) is 115 Å². The van der Waals surface area contributed by atoms with E-state index in [0.717, 1.165) is 6.07 Å². The van der Waals surface area contributed by atoms with Crippen LogP contribution in [0.25, 0.3) is 0 Å². The van der Waals surface area contributed by atoms with Gasteiger partial charge in [0.25, 0.3) is 5.69 Å². The predicted octanol–water partition coefficient (Wildman–Crippen LogP) is 1.89. The quantitative estimate of drug-likeness (QED) is 0.358. The number of benzene rings is 1. The van der Waals surface area contributed by atoms with Crippen molar-refractivity contribution in [3.63, 3.8) is 0 Å². The molecule has 0 spiro atoms. The molecular formula is C14H15N3O5S. The van der Waals surface area contributed by atoms with Gasteiger partial charge >= 0.3 is 0 Å². The SMILES string of the molecule is Cc1ccc(S(=O)(=O)NCCN=Cc2ccco2)cc1[N+](=O)[O-].